The number of carbonyl (C=O) groups is 2. The molecule has 0 radical (unpaired) electrons. The molecule has 5 N–H and O–H groups in total. The number of benzene rings is 2. The van der Waals surface area contributed by atoms with E-state index in [9.17, 15) is 14.7 Å². The van der Waals surface area contributed by atoms with Crippen LogP contribution in [0.5, 0.6) is 0 Å². The van der Waals surface area contributed by atoms with Crippen molar-refractivity contribution in [2.24, 2.45) is 11.7 Å². The van der Waals surface area contributed by atoms with E-state index in [0.717, 1.165) is 16.5 Å². The maximum Gasteiger partial charge on any atom is 0.270 e. The molecule has 1 aliphatic carbocycles. The van der Waals surface area contributed by atoms with Crippen LogP contribution in [0.1, 0.15) is 42.5 Å². The lowest BCUT2D eigenvalue weighted by atomic mass is 9.91. The molecule has 7 heteroatoms. The largest absolute Gasteiger partial charge is 0.382 e. The van der Waals surface area contributed by atoms with Crippen LogP contribution in [0.3, 0.4) is 0 Å². The summed E-state index contributed by atoms with van der Waals surface area (Å²) in [6.45, 7) is 0. The zero-order valence-corrected chi connectivity index (χ0v) is 17.3. The average molecular weight is 416 g/mol. The standard InChI is InChI=1S/C22H29N3O3S/c23-19(14-29-13-15-7-2-1-3-8-15)20(26)22(28)25-24-21(27)18-12-6-10-16-9-4-5-11-17(16)18/h4-6,9-12,15,19-20,26H,1-3,7-8,13-14,23H2,(H,24,27)(H,25,28). The number of rotatable bonds is 7. The van der Waals surface area contributed by atoms with Gasteiger partial charge < -0.3 is 10.8 Å². The first-order valence-electron chi connectivity index (χ1n) is 10.2. The van der Waals surface area contributed by atoms with Gasteiger partial charge in [0.05, 0.1) is 0 Å². The highest BCUT2D eigenvalue weighted by Crippen LogP contribution is 2.27. The number of hydrazine groups is 1. The van der Waals surface area contributed by atoms with Gasteiger partial charge >= 0.3 is 0 Å². The summed E-state index contributed by atoms with van der Waals surface area (Å²) in [5.74, 6) is 1.08. The molecule has 0 aliphatic heterocycles. The van der Waals surface area contributed by atoms with Crippen molar-refractivity contribution in [3.63, 3.8) is 0 Å². The summed E-state index contributed by atoms with van der Waals surface area (Å²) in [6, 6.07) is 12.2. The molecule has 0 aromatic heterocycles. The van der Waals surface area contributed by atoms with Crippen LogP contribution in [0.2, 0.25) is 0 Å². The number of fused-ring (bicyclic) bond motifs is 1. The minimum absolute atomic E-state index is 0.442. The van der Waals surface area contributed by atoms with Gasteiger partial charge in [-0.1, -0.05) is 55.7 Å². The molecule has 29 heavy (non-hydrogen) atoms. The van der Waals surface area contributed by atoms with Crippen molar-refractivity contribution < 1.29 is 14.7 Å². The van der Waals surface area contributed by atoms with Crippen molar-refractivity contribution in [1.29, 1.82) is 0 Å². The highest BCUT2D eigenvalue weighted by Gasteiger charge is 2.24. The molecule has 1 fully saturated rings. The molecule has 1 aliphatic rings. The van der Waals surface area contributed by atoms with Crippen LogP contribution >= 0.6 is 11.8 Å². The Morgan fingerprint density at radius 3 is 2.59 bits per heavy atom. The summed E-state index contributed by atoms with van der Waals surface area (Å²) in [4.78, 5) is 24.6. The highest BCUT2D eigenvalue weighted by atomic mass is 32.2. The van der Waals surface area contributed by atoms with Crippen LogP contribution in [0.15, 0.2) is 42.5 Å². The number of hydrogen-bond acceptors (Lipinski definition) is 5. The first-order valence-corrected chi connectivity index (χ1v) is 11.3. The van der Waals surface area contributed by atoms with Crippen molar-refractivity contribution in [1.82, 2.24) is 10.9 Å². The predicted octanol–water partition coefficient (Wildman–Crippen LogP) is 2.60. The van der Waals surface area contributed by atoms with Crippen LogP contribution in [0.4, 0.5) is 0 Å². The number of aliphatic hydroxyl groups excluding tert-OH is 1. The smallest absolute Gasteiger partial charge is 0.270 e. The van der Waals surface area contributed by atoms with Gasteiger partial charge in [-0.25, -0.2) is 0 Å². The number of nitrogens with two attached hydrogens (primary N) is 1. The van der Waals surface area contributed by atoms with Gasteiger partial charge in [0.15, 0.2) is 0 Å². The van der Waals surface area contributed by atoms with E-state index in [2.05, 4.69) is 10.9 Å². The van der Waals surface area contributed by atoms with E-state index in [1.165, 1.54) is 32.1 Å². The summed E-state index contributed by atoms with van der Waals surface area (Å²) in [5.41, 5.74) is 11.1. The van der Waals surface area contributed by atoms with Gasteiger partial charge in [0.2, 0.25) is 0 Å². The van der Waals surface area contributed by atoms with E-state index in [0.29, 0.717) is 17.2 Å². The zero-order chi connectivity index (χ0) is 20.6. The molecule has 156 valence electrons. The number of carbonyl (C=O) groups excluding carboxylic acids is 2. The summed E-state index contributed by atoms with van der Waals surface area (Å²) in [6.07, 6.45) is 5.04. The molecule has 1 saturated carbocycles. The Hall–Kier alpha value is -2.09. The Labute approximate surface area is 175 Å². The second-order valence-electron chi connectivity index (χ2n) is 7.62. The van der Waals surface area contributed by atoms with E-state index < -0.39 is 24.0 Å². The molecule has 0 spiro atoms. The fourth-order valence-corrected chi connectivity index (χ4v) is 4.95. The molecular weight excluding hydrogens is 386 g/mol. The van der Waals surface area contributed by atoms with Crippen molar-refractivity contribution in [3.05, 3.63) is 48.0 Å². The summed E-state index contributed by atoms with van der Waals surface area (Å²) in [7, 11) is 0. The third kappa shape index (κ3) is 5.95. The van der Waals surface area contributed by atoms with Crippen LogP contribution in [0.25, 0.3) is 10.8 Å². The summed E-state index contributed by atoms with van der Waals surface area (Å²) in [5, 5.41) is 11.9. The lowest BCUT2D eigenvalue weighted by Crippen LogP contribution is -2.52. The monoisotopic (exact) mass is 415 g/mol. The maximum atomic E-state index is 12.5. The molecule has 0 saturated heterocycles. The van der Waals surface area contributed by atoms with E-state index >= 15 is 0 Å². The topological polar surface area (TPSA) is 104 Å². The van der Waals surface area contributed by atoms with Crippen LogP contribution < -0.4 is 16.6 Å². The fraction of sp³-hybridized carbons (Fsp3) is 0.455. The molecule has 0 bridgehead atoms. The number of hydrogen-bond donors (Lipinski definition) is 4. The van der Waals surface area contributed by atoms with E-state index in [-0.39, 0.29) is 0 Å². The molecule has 0 heterocycles. The number of aliphatic hydroxyl groups is 1. The van der Waals surface area contributed by atoms with Gasteiger partial charge in [-0.05, 0) is 41.4 Å². The van der Waals surface area contributed by atoms with E-state index in [4.69, 9.17) is 5.73 Å². The lowest BCUT2D eigenvalue weighted by Gasteiger charge is -2.23. The van der Waals surface area contributed by atoms with Crippen molar-refractivity contribution in [3.8, 4) is 0 Å². The third-order valence-electron chi connectivity index (χ3n) is 5.40. The zero-order valence-electron chi connectivity index (χ0n) is 16.5. The maximum absolute atomic E-state index is 12.5. The molecule has 2 aromatic carbocycles. The highest BCUT2D eigenvalue weighted by molar-refractivity contribution is 7.99. The molecule has 2 aromatic rings. The lowest BCUT2D eigenvalue weighted by molar-refractivity contribution is -0.130. The third-order valence-corrected chi connectivity index (χ3v) is 6.72. The van der Waals surface area contributed by atoms with Crippen LogP contribution in [-0.4, -0.2) is 40.6 Å². The van der Waals surface area contributed by atoms with E-state index in [1.54, 1.807) is 23.9 Å². The number of nitrogens with one attached hydrogen (secondary N) is 2. The molecule has 3 rings (SSSR count). The van der Waals surface area contributed by atoms with Gasteiger partial charge in [0, 0.05) is 17.4 Å². The van der Waals surface area contributed by atoms with Crippen LogP contribution in [0, 0.1) is 5.92 Å². The predicted molar refractivity (Wildman–Crippen MR) is 117 cm³/mol. The molecule has 2 atom stereocenters. The molecular formula is C22H29N3O3S. The van der Waals surface area contributed by atoms with Gasteiger partial charge in [-0.3, -0.25) is 20.4 Å². The SMILES string of the molecule is NC(CSCC1CCCCC1)C(O)C(=O)NNC(=O)c1cccc2ccccc12. The first-order chi connectivity index (χ1) is 14.1. The molecule has 6 nitrogen and oxygen atoms in total. The van der Waals surface area contributed by atoms with E-state index in [1.807, 2.05) is 30.3 Å². The van der Waals surface area contributed by atoms with Crippen molar-refractivity contribution in [2.45, 2.75) is 44.2 Å². The second kappa shape index (κ2) is 10.6. The number of thioether (sulfide) groups is 1. The normalized spacial score (nSPS) is 16.9. The molecule has 2 amide bonds. The average Bonchev–Trinajstić information content (AvgIpc) is 2.77. The molecule has 2 unspecified atom stereocenters. The van der Waals surface area contributed by atoms with Gasteiger partial charge in [-0.2, -0.15) is 11.8 Å². The van der Waals surface area contributed by atoms with Crippen molar-refractivity contribution in [2.75, 3.05) is 11.5 Å². The van der Waals surface area contributed by atoms with Crippen molar-refractivity contribution >= 4 is 34.3 Å². The van der Waals surface area contributed by atoms with Gasteiger partial charge in [0.1, 0.15) is 6.10 Å². The Balaban J connectivity index is 1.45. The Morgan fingerprint density at radius 2 is 1.79 bits per heavy atom. The summed E-state index contributed by atoms with van der Waals surface area (Å²) >= 11 is 1.68. The summed E-state index contributed by atoms with van der Waals surface area (Å²) < 4.78 is 0. The minimum atomic E-state index is -1.37. The second-order valence-corrected chi connectivity index (χ2v) is 8.70. The van der Waals surface area contributed by atoms with Gasteiger partial charge in [-0.15, -0.1) is 0 Å². The first kappa shape index (κ1) is 21.6. The van der Waals surface area contributed by atoms with Gasteiger partial charge in [0.25, 0.3) is 11.8 Å². The number of amides is 2. The van der Waals surface area contributed by atoms with Crippen LogP contribution in [-0.2, 0) is 4.79 Å². The Bertz CT molecular complexity index is 834. The fourth-order valence-electron chi connectivity index (χ4n) is 3.69. The Kier molecular flexibility index (Phi) is 7.91. The Morgan fingerprint density at radius 1 is 1.07 bits per heavy atom. The quantitative estimate of drug-likeness (QED) is 0.521. The minimum Gasteiger partial charge on any atom is -0.382 e.